The highest BCUT2D eigenvalue weighted by Crippen LogP contribution is 2.37. The average molecular weight is 302 g/mol. The largest absolute Gasteiger partial charge is 0.286 e. The summed E-state index contributed by atoms with van der Waals surface area (Å²) in [5, 5.41) is 1.60. The molecule has 19 heavy (non-hydrogen) atoms. The quantitative estimate of drug-likeness (QED) is 0.871. The first-order valence-electron chi connectivity index (χ1n) is 6.06. The lowest BCUT2D eigenvalue weighted by Crippen LogP contribution is -2.44. The summed E-state index contributed by atoms with van der Waals surface area (Å²) < 4.78 is 28.2. The van der Waals surface area contributed by atoms with Crippen LogP contribution in [0.3, 0.4) is 0 Å². The third kappa shape index (κ3) is 2.48. The fraction of sp³-hybridized carbons (Fsp3) is 0.417. The monoisotopic (exact) mass is 301 g/mol. The van der Waals surface area contributed by atoms with Crippen molar-refractivity contribution in [1.29, 1.82) is 0 Å². The van der Waals surface area contributed by atoms with Crippen LogP contribution in [-0.4, -0.2) is 14.3 Å². The Hall–Kier alpha value is -1.11. The number of rotatable bonds is 3. The number of nitrogens with zero attached hydrogens (tertiary/aromatic N) is 2. The minimum Gasteiger partial charge on any atom is -0.262 e. The summed E-state index contributed by atoms with van der Waals surface area (Å²) in [6, 6.07) is 4.65. The summed E-state index contributed by atoms with van der Waals surface area (Å²) in [7, 11) is -3.73. The van der Waals surface area contributed by atoms with Crippen molar-refractivity contribution in [2.24, 2.45) is 16.2 Å². The van der Waals surface area contributed by atoms with Gasteiger partial charge in [0.15, 0.2) is 0 Å². The topological polar surface area (TPSA) is 75.8 Å². The lowest BCUT2D eigenvalue weighted by Gasteiger charge is -2.30. The molecule has 2 N–H and O–H groups in total. The molecule has 1 unspecified atom stereocenters. The Morgan fingerprint density at radius 2 is 2.16 bits per heavy atom. The summed E-state index contributed by atoms with van der Waals surface area (Å²) >= 11 is 6.07. The molecule has 1 aromatic carbocycles. The third-order valence-electron chi connectivity index (χ3n) is 3.09. The van der Waals surface area contributed by atoms with E-state index >= 15 is 0 Å². The van der Waals surface area contributed by atoms with Crippen LogP contribution in [0.25, 0.3) is 0 Å². The molecule has 5 nitrogen and oxygen atoms in total. The summed E-state index contributed by atoms with van der Waals surface area (Å²) in [6.07, 6.45) is 1.73. The van der Waals surface area contributed by atoms with Crippen LogP contribution in [0, 0.1) is 5.92 Å². The van der Waals surface area contributed by atoms with Crippen molar-refractivity contribution in [3.63, 3.8) is 0 Å². The fourth-order valence-corrected chi connectivity index (χ4v) is 3.80. The van der Waals surface area contributed by atoms with E-state index in [2.05, 4.69) is 4.40 Å². The van der Waals surface area contributed by atoms with Gasteiger partial charge in [-0.15, -0.1) is 4.40 Å². The second kappa shape index (κ2) is 5.11. The molecule has 0 saturated carbocycles. The first-order chi connectivity index (χ1) is 8.88. The van der Waals surface area contributed by atoms with Crippen molar-refractivity contribution in [2.45, 2.75) is 31.6 Å². The highest BCUT2D eigenvalue weighted by atomic mass is 35.5. The first-order valence-corrected chi connectivity index (χ1v) is 7.88. The summed E-state index contributed by atoms with van der Waals surface area (Å²) in [4.78, 5) is 0.0509. The number of nitrogens with two attached hydrogens (primary N) is 1. The Bertz CT molecular complexity index is 628. The SMILES string of the molecule is CCCC(C)C1=NS(=O)(=O)c2cccc(Cl)c2N1N. The van der Waals surface area contributed by atoms with Crippen LogP contribution in [-0.2, 0) is 10.0 Å². The molecule has 2 rings (SSSR count). The van der Waals surface area contributed by atoms with Crippen molar-refractivity contribution in [1.82, 2.24) is 0 Å². The zero-order chi connectivity index (χ0) is 14.2. The number of benzene rings is 1. The summed E-state index contributed by atoms with van der Waals surface area (Å²) in [5.74, 6) is 6.29. The molecule has 0 saturated heterocycles. The highest BCUT2D eigenvalue weighted by molar-refractivity contribution is 7.90. The van der Waals surface area contributed by atoms with Gasteiger partial charge < -0.3 is 0 Å². The van der Waals surface area contributed by atoms with Crippen molar-refractivity contribution >= 4 is 33.1 Å². The van der Waals surface area contributed by atoms with E-state index in [9.17, 15) is 8.42 Å². The van der Waals surface area contributed by atoms with E-state index in [0.29, 0.717) is 16.5 Å². The Kier molecular flexibility index (Phi) is 3.85. The van der Waals surface area contributed by atoms with Crippen molar-refractivity contribution in [3.05, 3.63) is 23.2 Å². The summed E-state index contributed by atoms with van der Waals surface area (Å²) in [6.45, 7) is 3.93. The normalized spacial score (nSPS) is 18.7. The van der Waals surface area contributed by atoms with E-state index in [1.54, 1.807) is 12.1 Å². The first kappa shape index (κ1) is 14.3. The molecule has 1 aliphatic heterocycles. The van der Waals surface area contributed by atoms with E-state index in [0.717, 1.165) is 12.8 Å². The molecule has 7 heteroatoms. The van der Waals surface area contributed by atoms with Gasteiger partial charge in [-0.05, 0) is 18.6 Å². The number of halogens is 1. The molecule has 1 heterocycles. The molecule has 0 spiro atoms. The molecular formula is C12H16ClN3O2S. The van der Waals surface area contributed by atoms with Crippen LogP contribution >= 0.6 is 11.6 Å². The third-order valence-corrected chi connectivity index (χ3v) is 4.71. The van der Waals surface area contributed by atoms with E-state index in [4.69, 9.17) is 17.4 Å². The molecule has 0 aromatic heterocycles. The molecule has 0 fully saturated rings. The van der Waals surface area contributed by atoms with Crippen molar-refractivity contribution in [3.8, 4) is 0 Å². The number of amidine groups is 1. The van der Waals surface area contributed by atoms with Crippen LogP contribution in [0.2, 0.25) is 5.02 Å². The maximum atomic E-state index is 12.2. The molecule has 0 radical (unpaired) electrons. The van der Waals surface area contributed by atoms with E-state index in [-0.39, 0.29) is 10.8 Å². The zero-order valence-corrected chi connectivity index (χ0v) is 12.4. The number of hydrogen-bond acceptors (Lipinski definition) is 4. The molecule has 1 aliphatic rings. The number of anilines is 1. The zero-order valence-electron chi connectivity index (χ0n) is 10.8. The van der Waals surface area contributed by atoms with E-state index < -0.39 is 10.0 Å². The van der Waals surface area contributed by atoms with Gasteiger partial charge in [-0.25, -0.2) is 5.84 Å². The molecule has 0 amide bonds. The van der Waals surface area contributed by atoms with Crippen LogP contribution in [0.5, 0.6) is 0 Å². The Balaban J connectivity index is 2.60. The number of hydrazine groups is 1. The predicted octanol–water partition coefficient (Wildman–Crippen LogP) is 2.56. The van der Waals surface area contributed by atoms with Crippen molar-refractivity contribution < 1.29 is 8.42 Å². The molecule has 104 valence electrons. The van der Waals surface area contributed by atoms with Crippen LogP contribution < -0.4 is 10.9 Å². The lowest BCUT2D eigenvalue weighted by atomic mass is 10.0. The molecule has 0 bridgehead atoms. The Labute approximate surface area is 118 Å². The van der Waals surface area contributed by atoms with Crippen LogP contribution in [0.4, 0.5) is 5.69 Å². The van der Waals surface area contributed by atoms with Gasteiger partial charge in [0, 0.05) is 5.92 Å². The molecule has 1 aromatic rings. The van der Waals surface area contributed by atoms with Gasteiger partial charge in [-0.3, -0.25) is 5.01 Å². The van der Waals surface area contributed by atoms with Gasteiger partial charge in [0.2, 0.25) is 0 Å². The maximum absolute atomic E-state index is 12.2. The minimum atomic E-state index is -3.73. The van der Waals surface area contributed by atoms with Crippen molar-refractivity contribution in [2.75, 3.05) is 5.01 Å². The van der Waals surface area contributed by atoms with Gasteiger partial charge in [0.05, 0.1) is 10.7 Å². The number of fused-ring (bicyclic) bond motifs is 1. The second-order valence-electron chi connectivity index (χ2n) is 4.57. The lowest BCUT2D eigenvalue weighted by molar-refractivity contribution is 0.593. The maximum Gasteiger partial charge on any atom is 0.286 e. The van der Waals surface area contributed by atoms with E-state index in [1.165, 1.54) is 11.1 Å². The molecule has 0 aliphatic carbocycles. The van der Waals surface area contributed by atoms with E-state index in [1.807, 2.05) is 13.8 Å². The van der Waals surface area contributed by atoms with Gasteiger partial charge in [-0.1, -0.05) is 37.9 Å². The Morgan fingerprint density at radius 3 is 2.79 bits per heavy atom. The molecular weight excluding hydrogens is 286 g/mol. The van der Waals surface area contributed by atoms with Gasteiger partial charge in [0.1, 0.15) is 10.7 Å². The van der Waals surface area contributed by atoms with Gasteiger partial charge in [-0.2, -0.15) is 8.42 Å². The van der Waals surface area contributed by atoms with Crippen LogP contribution in [0.15, 0.2) is 27.5 Å². The number of para-hydroxylation sites is 1. The summed E-state index contributed by atoms with van der Waals surface area (Å²) in [5.41, 5.74) is 0.303. The smallest absolute Gasteiger partial charge is 0.262 e. The second-order valence-corrected chi connectivity index (χ2v) is 6.55. The van der Waals surface area contributed by atoms with Gasteiger partial charge in [0.25, 0.3) is 10.0 Å². The Morgan fingerprint density at radius 1 is 1.47 bits per heavy atom. The average Bonchev–Trinajstić information content (AvgIpc) is 2.34. The predicted molar refractivity (Wildman–Crippen MR) is 76.8 cm³/mol. The standard InChI is InChI=1S/C12H16ClN3O2S/c1-3-5-8(2)12-15-19(17,18)10-7-4-6-9(13)11(10)16(12)14/h4,6-8H,3,5,14H2,1-2H3. The number of hydrogen-bond donors (Lipinski definition) is 1. The fourth-order valence-electron chi connectivity index (χ4n) is 2.16. The van der Waals surface area contributed by atoms with Gasteiger partial charge >= 0.3 is 0 Å². The minimum absolute atomic E-state index is 0.0470. The highest BCUT2D eigenvalue weighted by Gasteiger charge is 2.33. The number of sulfonamides is 1. The molecule has 1 atom stereocenters. The van der Waals surface area contributed by atoms with Crippen LogP contribution in [0.1, 0.15) is 26.7 Å².